The molecule has 2 aromatic rings. The Balaban J connectivity index is 1.54. The van der Waals surface area contributed by atoms with E-state index in [1.807, 2.05) is 0 Å². The van der Waals surface area contributed by atoms with E-state index >= 15 is 0 Å². The molecule has 0 spiro atoms. The van der Waals surface area contributed by atoms with Gasteiger partial charge < -0.3 is 10.2 Å². The van der Waals surface area contributed by atoms with Crippen LogP contribution in [0.4, 0.5) is 14.9 Å². The van der Waals surface area contributed by atoms with Crippen molar-refractivity contribution < 1.29 is 27.2 Å². The van der Waals surface area contributed by atoms with E-state index in [2.05, 4.69) is 15.1 Å². The molecule has 33 heavy (non-hydrogen) atoms. The lowest BCUT2D eigenvalue weighted by atomic mass is 10.1. The first-order valence-electron chi connectivity index (χ1n) is 10.0. The number of anilines is 1. The van der Waals surface area contributed by atoms with Gasteiger partial charge in [0.2, 0.25) is 10.0 Å². The second-order valence-electron chi connectivity index (χ2n) is 7.84. The lowest BCUT2D eigenvalue weighted by Gasteiger charge is -2.27. The van der Waals surface area contributed by atoms with Gasteiger partial charge in [0.25, 0.3) is 5.91 Å². The van der Waals surface area contributed by atoms with Crippen LogP contribution in [0.1, 0.15) is 21.7 Å². The van der Waals surface area contributed by atoms with E-state index in [0.717, 1.165) is 17.4 Å². The first-order chi connectivity index (χ1) is 15.5. The van der Waals surface area contributed by atoms with Crippen molar-refractivity contribution in [2.24, 2.45) is 0 Å². The Morgan fingerprint density at radius 1 is 1.39 bits per heavy atom. The molecule has 1 aromatic carbocycles. The third-order valence-electron chi connectivity index (χ3n) is 5.30. The van der Waals surface area contributed by atoms with Gasteiger partial charge in [0.15, 0.2) is 0 Å². The van der Waals surface area contributed by atoms with Crippen LogP contribution in [0.3, 0.4) is 0 Å². The minimum Gasteiger partial charge on any atom is -0.320 e. The molecule has 3 amide bonds. The summed E-state index contributed by atoms with van der Waals surface area (Å²) in [6, 6.07) is 3.45. The van der Waals surface area contributed by atoms with Gasteiger partial charge in [-0.05, 0) is 18.2 Å². The molecule has 178 valence electrons. The Morgan fingerprint density at radius 3 is 2.85 bits per heavy atom. The number of carbonyl (C=O) groups is 2. The highest BCUT2D eigenvalue weighted by Crippen LogP contribution is 2.27. The summed E-state index contributed by atoms with van der Waals surface area (Å²) in [6.07, 6.45) is 0.812. The Hall–Kier alpha value is -2.74. The molecule has 2 aliphatic rings. The second-order valence-corrected chi connectivity index (χ2v) is 10.1. The minimum atomic E-state index is -3.44. The van der Waals surface area contributed by atoms with Gasteiger partial charge in [-0.2, -0.15) is 5.10 Å². The van der Waals surface area contributed by atoms with E-state index in [1.165, 1.54) is 28.8 Å². The number of amides is 3. The molecule has 4 rings (SSSR count). The van der Waals surface area contributed by atoms with Gasteiger partial charge in [-0.15, -0.1) is 0 Å². The number of benzene rings is 1. The van der Waals surface area contributed by atoms with Gasteiger partial charge in [-0.25, -0.2) is 27.4 Å². The zero-order valence-corrected chi connectivity index (χ0v) is 19.4. The number of rotatable bonds is 4. The summed E-state index contributed by atoms with van der Waals surface area (Å²) in [5.74, 6) is -1.03. The van der Waals surface area contributed by atoms with Crippen molar-refractivity contribution in [1.29, 1.82) is 0 Å². The van der Waals surface area contributed by atoms with Crippen LogP contribution in [0.5, 0.6) is 0 Å². The normalized spacial score (nSPS) is 18.5. The highest BCUT2D eigenvalue weighted by molar-refractivity contribution is 7.88. The van der Waals surface area contributed by atoms with Gasteiger partial charge in [-0.3, -0.25) is 14.3 Å². The maximum absolute atomic E-state index is 13.4. The SMILES string of the molecule is CN1OC(CNS(C)(=O)=O)Cn2nc3c(c2C1=O)CN(C(=O)Nc1ccc(F)c(Cl)c1)CC3. The van der Waals surface area contributed by atoms with Gasteiger partial charge in [-0.1, -0.05) is 11.6 Å². The average Bonchev–Trinajstić information content (AvgIpc) is 3.04. The number of hydrogen-bond acceptors (Lipinski definition) is 6. The number of urea groups is 1. The fourth-order valence-corrected chi connectivity index (χ4v) is 4.41. The Kier molecular flexibility index (Phi) is 6.31. The molecule has 0 saturated carbocycles. The van der Waals surface area contributed by atoms with Crippen LogP contribution < -0.4 is 10.0 Å². The molecule has 0 bridgehead atoms. The van der Waals surface area contributed by atoms with Crippen molar-refractivity contribution in [3.8, 4) is 0 Å². The molecule has 0 radical (unpaired) electrons. The standard InChI is InChI=1S/C19H22ClFN6O5S/c1-25-18(28)17-13-10-26(19(29)23-11-3-4-15(21)14(20)7-11)6-5-16(13)24-27(17)9-12(32-25)8-22-33(2,30)31/h3-4,7,12,22H,5-6,8-10H2,1-2H3,(H,23,29). The summed E-state index contributed by atoms with van der Waals surface area (Å²) >= 11 is 5.78. The predicted molar refractivity (Wildman–Crippen MR) is 117 cm³/mol. The summed E-state index contributed by atoms with van der Waals surface area (Å²) < 4.78 is 40.1. The number of hydroxylamine groups is 2. The quantitative estimate of drug-likeness (QED) is 0.649. The fraction of sp³-hybridized carbons (Fsp3) is 0.421. The highest BCUT2D eigenvalue weighted by Gasteiger charge is 2.35. The maximum Gasteiger partial charge on any atom is 0.322 e. The van der Waals surface area contributed by atoms with Crippen molar-refractivity contribution in [2.75, 3.05) is 31.7 Å². The van der Waals surface area contributed by atoms with Gasteiger partial charge in [0, 0.05) is 37.8 Å². The average molecular weight is 501 g/mol. The van der Waals surface area contributed by atoms with Crippen molar-refractivity contribution in [3.63, 3.8) is 0 Å². The van der Waals surface area contributed by atoms with E-state index in [0.29, 0.717) is 29.9 Å². The molecule has 1 unspecified atom stereocenters. The van der Waals surface area contributed by atoms with E-state index in [9.17, 15) is 22.4 Å². The number of hydrogen-bond donors (Lipinski definition) is 2. The third-order valence-corrected chi connectivity index (χ3v) is 6.29. The number of halogens is 2. The van der Waals surface area contributed by atoms with Crippen LogP contribution in [0.15, 0.2) is 18.2 Å². The summed E-state index contributed by atoms with van der Waals surface area (Å²) in [4.78, 5) is 32.9. The number of fused-ring (bicyclic) bond motifs is 3. The predicted octanol–water partition coefficient (Wildman–Crippen LogP) is 1.20. The topological polar surface area (TPSA) is 126 Å². The Bertz CT molecular complexity index is 1220. The molecule has 14 heteroatoms. The molecule has 1 atom stereocenters. The lowest BCUT2D eigenvalue weighted by molar-refractivity contribution is -0.145. The van der Waals surface area contributed by atoms with Gasteiger partial charge in [0.05, 0.1) is 30.1 Å². The monoisotopic (exact) mass is 500 g/mol. The summed E-state index contributed by atoms with van der Waals surface area (Å²) in [7, 11) is -2.00. The zero-order chi connectivity index (χ0) is 23.9. The Labute approximate surface area is 194 Å². The van der Waals surface area contributed by atoms with E-state index < -0.39 is 33.9 Å². The second kappa shape index (κ2) is 8.89. The molecule has 0 aliphatic carbocycles. The van der Waals surface area contributed by atoms with Crippen LogP contribution in [0.2, 0.25) is 5.02 Å². The minimum absolute atomic E-state index is 0.0326. The summed E-state index contributed by atoms with van der Waals surface area (Å²) in [5.41, 5.74) is 1.93. The van der Waals surface area contributed by atoms with Crippen LogP contribution in [-0.4, -0.2) is 72.6 Å². The maximum atomic E-state index is 13.4. The molecular formula is C19H22ClFN6O5S. The van der Waals surface area contributed by atoms with Crippen LogP contribution in [-0.2, 0) is 34.4 Å². The number of aromatic nitrogens is 2. The van der Waals surface area contributed by atoms with Crippen molar-refractivity contribution in [1.82, 2.24) is 24.5 Å². The van der Waals surface area contributed by atoms with Crippen molar-refractivity contribution in [2.45, 2.75) is 25.6 Å². The molecule has 11 nitrogen and oxygen atoms in total. The highest BCUT2D eigenvalue weighted by atomic mass is 35.5. The largest absolute Gasteiger partial charge is 0.322 e. The van der Waals surface area contributed by atoms with Gasteiger partial charge in [0.1, 0.15) is 17.6 Å². The van der Waals surface area contributed by atoms with Crippen LogP contribution in [0, 0.1) is 5.82 Å². The molecule has 2 aliphatic heterocycles. The summed E-state index contributed by atoms with van der Waals surface area (Å²) in [6.45, 7) is 0.622. The number of carbonyl (C=O) groups excluding carboxylic acids is 2. The van der Waals surface area contributed by atoms with Crippen molar-refractivity contribution in [3.05, 3.63) is 46.0 Å². The first-order valence-corrected chi connectivity index (χ1v) is 12.3. The van der Waals surface area contributed by atoms with Crippen molar-refractivity contribution >= 4 is 39.2 Å². The first kappa shape index (κ1) is 23.4. The van der Waals surface area contributed by atoms with Crippen LogP contribution >= 0.6 is 11.6 Å². The molecule has 0 saturated heterocycles. The molecule has 3 heterocycles. The summed E-state index contributed by atoms with van der Waals surface area (Å²) in [5, 5.41) is 8.14. The number of nitrogens with one attached hydrogen (secondary N) is 2. The number of sulfonamides is 1. The zero-order valence-electron chi connectivity index (χ0n) is 17.8. The van der Waals surface area contributed by atoms with Gasteiger partial charge >= 0.3 is 6.03 Å². The van der Waals surface area contributed by atoms with E-state index in [1.54, 1.807) is 0 Å². The number of nitrogens with zero attached hydrogens (tertiary/aromatic N) is 4. The third kappa shape index (κ3) is 5.11. The smallest absolute Gasteiger partial charge is 0.320 e. The molecular weight excluding hydrogens is 479 g/mol. The molecule has 2 N–H and O–H groups in total. The molecule has 0 fully saturated rings. The fourth-order valence-electron chi connectivity index (χ4n) is 3.74. The van der Waals surface area contributed by atoms with Crippen LogP contribution in [0.25, 0.3) is 0 Å². The lowest BCUT2D eigenvalue weighted by Crippen LogP contribution is -2.40. The van der Waals surface area contributed by atoms with E-state index in [-0.39, 0.29) is 30.4 Å². The molecule has 1 aromatic heterocycles. The van der Waals surface area contributed by atoms with E-state index in [4.69, 9.17) is 16.4 Å². The Morgan fingerprint density at radius 2 is 2.15 bits per heavy atom.